The van der Waals surface area contributed by atoms with E-state index < -0.39 is 0 Å². The average molecular weight is 353 g/mol. The van der Waals surface area contributed by atoms with E-state index in [1.54, 1.807) is 0 Å². The zero-order valence-electron chi connectivity index (χ0n) is 13.3. The topological polar surface area (TPSA) is 9.23 Å². The maximum atomic E-state index is 6.01. The number of halogens is 1. The van der Waals surface area contributed by atoms with E-state index in [0.29, 0.717) is 6.61 Å². The largest absolute Gasteiger partial charge is 0.355 e. The molecule has 1 unspecified atom stereocenters. The molecule has 0 aliphatic carbocycles. The first-order valence-corrected chi connectivity index (χ1v) is 9.00. The van der Waals surface area contributed by atoms with Gasteiger partial charge in [0.15, 0.2) is 0 Å². The van der Waals surface area contributed by atoms with Crippen LogP contribution in [0.4, 0.5) is 0 Å². The SMILES string of the molecule is C=CC(Br)(CCCCCCCCC)OCc1ccccc1. The van der Waals surface area contributed by atoms with Crippen LogP contribution in [0.3, 0.4) is 0 Å². The van der Waals surface area contributed by atoms with Gasteiger partial charge in [-0.2, -0.15) is 0 Å². The van der Waals surface area contributed by atoms with Gasteiger partial charge in [-0.15, -0.1) is 0 Å². The molecule has 1 aromatic carbocycles. The van der Waals surface area contributed by atoms with Gasteiger partial charge in [-0.25, -0.2) is 0 Å². The van der Waals surface area contributed by atoms with Crippen molar-refractivity contribution in [3.8, 4) is 0 Å². The molecule has 0 N–H and O–H groups in total. The Labute approximate surface area is 138 Å². The van der Waals surface area contributed by atoms with Crippen molar-refractivity contribution in [2.75, 3.05) is 0 Å². The molecule has 0 aliphatic rings. The Balaban J connectivity index is 2.20. The fourth-order valence-corrected chi connectivity index (χ4v) is 2.73. The Morgan fingerprint density at radius 2 is 1.67 bits per heavy atom. The Morgan fingerprint density at radius 3 is 2.29 bits per heavy atom. The van der Waals surface area contributed by atoms with Crippen LogP contribution in [0.15, 0.2) is 43.0 Å². The van der Waals surface area contributed by atoms with E-state index in [1.165, 1.54) is 50.5 Å². The van der Waals surface area contributed by atoms with E-state index in [4.69, 9.17) is 4.74 Å². The first kappa shape index (κ1) is 18.4. The first-order chi connectivity index (χ1) is 10.2. The predicted molar refractivity (Wildman–Crippen MR) is 95.7 cm³/mol. The summed E-state index contributed by atoms with van der Waals surface area (Å²) in [5.41, 5.74) is 1.20. The molecule has 0 radical (unpaired) electrons. The summed E-state index contributed by atoms with van der Waals surface area (Å²) in [6.45, 7) is 6.79. The molecular weight excluding hydrogens is 324 g/mol. The number of rotatable bonds is 12. The molecule has 0 amide bonds. The molecule has 1 aromatic rings. The van der Waals surface area contributed by atoms with Gasteiger partial charge in [0, 0.05) is 0 Å². The standard InChI is InChI=1S/C19H29BrO/c1-3-5-6-7-8-9-13-16-19(20,4-2)21-17-18-14-11-10-12-15-18/h4,10-12,14-15H,2-3,5-9,13,16-17H2,1H3. The van der Waals surface area contributed by atoms with Crippen molar-refractivity contribution >= 4 is 15.9 Å². The normalized spacial score (nSPS) is 13.8. The van der Waals surface area contributed by atoms with Gasteiger partial charge in [-0.3, -0.25) is 0 Å². The van der Waals surface area contributed by atoms with Gasteiger partial charge >= 0.3 is 0 Å². The quantitative estimate of drug-likeness (QED) is 0.233. The molecule has 1 atom stereocenters. The smallest absolute Gasteiger partial charge is 0.141 e. The van der Waals surface area contributed by atoms with Crippen LogP contribution in [0.2, 0.25) is 0 Å². The van der Waals surface area contributed by atoms with Crippen LogP contribution >= 0.6 is 15.9 Å². The fraction of sp³-hybridized carbons (Fsp3) is 0.579. The molecule has 1 rings (SSSR count). The van der Waals surface area contributed by atoms with Crippen LogP contribution in [0.1, 0.15) is 63.9 Å². The molecule has 0 saturated carbocycles. The van der Waals surface area contributed by atoms with E-state index in [9.17, 15) is 0 Å². The maximum Gasteiger partial charge on any atom is 0.141 e. The molecule has 0 aromatic heterocycles. The minimum atomic E-state index is -0.383. The summed E-state index contributed by atoms with van der Waals surface area (Å²) in [4.78, 5) is 0. The van der Waals surface area contributed by atoms with Gasteiger partial charge in [0.1, 0.15) is 4.51 Å². The van der Waals surface area contributed by atoms with Crippen molar-refractivity contribution in [1.82, 2.24) is 0 Å². The van der Waals surface area contributed by atoms with Crippen LogP contribution < -0.4 is 0 Å². The van der Waals surface area contributed by atoms with Crippen LogP contribution in [0, 0.1) is 0 Å². The van der Waals surface area contributed by atoms with Gasteiger partial charge in [0.2, 0.25) is 0 Å². The van der Waals surface area contributed by atoms with E-state index in [2.05, 4.69) is 41.6 Å². The summed E-state index contributed by atoms with van der Waals surface area (Å²) < 4.78 is 5.63. The van der Waals surface area contributed by atoms with Crippen molar-refractivity contribution in [3.05, 3.63) is 48.6 Å². The van der Waals surface area contributed by atoms with Gasteiger partial charge in [-0.1, -0.05) is 82.4 Å². The minimum absolute atomic E-state index is 0.383. The monoisotopic (exact) mass is 352 g/mol. The number of hydrogen-bond acceptors (Lipinski definition) is 1. The molecule has 21 heavy (non-hydrogen) atoms. The van der Waals surface area contributed by atoms with Crippen LogP contribution in [0.5, 0.6) is 0 Å². The van der Waals surface area contributed by atoms with E-state index >= 15 is 0 Å². The number of alkyl halides is 1. The second-order valence-corrected chi connectivity index (χ2v) is 6.98. The van der Waals surface area contributed by atoms with Crippen molar-refractivity contribution in [1.29, 1.82) is 0 Å². The summed E-state index contributed by atoms with van der Waals surface area (Å²) in [6, 6.07) is 10.3. The highest BCUT2D eigenvalue weighted by Gasteiger charge is 2.22. The second-order valence-electron chi connectivity index (χ2n) is 5.64. The van der Waals surface area contributed by atoms with Crippen LogP contribution in [-0.2, 0) is 11.3 Å². The molecule has 0 saturated heterocycles. The number of ether oxygens (including phenoxy) is 1. The van der Waals surface area contributed by atoms with E-state index in [0.717, 1.165) is 6.42 Å². The third-order valence-electron chi connectivity index (χ3n) is 3.75. The highest BCUT2D eigenvalue weighted by atomic mass is 79.9. The second kappa shape index (κ2) is 11.0. The Bertz CT molecular complexity index is 376. The summed E-state index contributed by atoms with van der Waals surface area (Å²) in [5, 5.41) is 0. The molecular formula is C19H29BrO. The van der Waals surface area contributed by atoms with E-state index in [-0.39, 0.29) is 4.51 Å². The molecule has 118 valence electrons. The minimum Gasteiger partial charge on any atom is -0.355 e. The van der Waals surface area contributed by atoms with Crippen molar-refractivity contribution in [2.24, 2.45) is 0 Å². The Morgan fingerprint density at radius 1 is 1.05 bits per heavy atom. The lowest BCUT2D eigenvalue weighted by Crippen LogP contribution is -2.21. The zero-order valence-corrected chi connectivity index (χ0v) is 14.9. The lowest BCUT2D eigenvalue weighted by atomic mass is 10.1. The molecule has 0 aliphatic heterocycles. The maximum absolute atomic E-state index is 6.01. The van der Waals surface area contributed by atoms with Crippen molar-refractivity contribution in [3.63, 3.8) is 0 Å². The summed E-state index contributed by atoms with van der Waals surface area (Å²) in [7, 11) is 0. The number of unbranched alkanes of at least 4 members (excludes halogenated alkanes) is 6. The highest BCUT2D eigenvalue weighted by molar-refractivity contribution is 9.10. The van der Waals surface area contributed by atoms with Gasteiger partial charge < -0.3 is 4.74 Å². The fourth-order valence-electron chi connectivity index (χ4n) is 2.33. The zero-order chi connectivity index (χ0) is 15.4. The van der Waals surface area contributed by atoms with Gasteiger partial charge in [-0.05, 0) is 40.4 Å². The summed E-state index contributed by atoms with van der Waals surface area (Å²) in [5.74, 6) is 0. The molecule has 0 fully saturated rings. The number of benzene rings is 1. The summed E-state index contributed by atoms with van der Waals surface area (Å²) in [6.07, 6.45) is 12.1. The van der Waals surface area contributed by atoms with Gasteiger partial charge in [0.25, 0.3) is 0 Å². The third-order valence-corrected chi connectivity index (χ3v) is 4.70. The third kappa shape index (κ3) is 8.43. The highest BCUT2D eigenvalue weighted by Crippen LogP contribution is 2.29. The van der Waals surface area contributed by atoms with Crippen LogP contribution in [-0.4, -0.2) is 4.51 Å². The Hall–Kier alpha value is -0.600. The molecule has 0 bridgehead atoms. The predicted octanol–water partition coefficient (Wildman–Crippen LogP) is 6.62. The first-order valence-electron chi connectivity index (χ1n) is 8.20. The summed E-state index contributed by atoms with van der Waals surface area (Å²) >= 11 is 3.70. The molecule has 0 spiro atoms. The molecule has 2 heteroatoms. The average Bonchev–Trinajstić information content (AvgIpc) is 2.53. The molecule has 0 heterocycles. The van der Waals surface area contributed by atoms with Crippen molar-refractivity contribution < 1.29 is 4.74 Å². The van der Waals surface area contributed by atoms with Crippen molar-refractivity contribution in [2.45, 2.75) is 69.4 Å². The van der Waals surface area contributed by atoms with E-state index in [1.807, 2.05) is 24.3 Å². The number of hydrogen-bond donors (Lipinski definition) is 0. The lowest BCUT2D eigenvalue weighted by Gasteiger charge is -2.24. The molecule has 1 nitrogen and oxygen atoms in total. The lowest BCUT2D eigenvalue weighted by molar-refractivity contribution is 0.0446. The van der Waals surface area contributed by atoms with Gasteiger partial charge in [0.05, 0.1) is 6.61 Å². The van der Waals surface area contributed by atoms with Crippen LogP contribution in [0.25, 0.3) is 0 Å². The Kier molecular flexibility index (Phi) is 9.69.